The molecule has 2 fully saturated rings. The molecule has 0 atom stereocenters. The van der Waals surface area contributed by atoms with Crippen LogP contribution < -0.4 is 14.4 Å². The number of hydrogen-bond acceptors (Lipinski definition) is 5. The quantitative estimate of drug-likeness (QED) is 0.743. The van der Waals surface area contributed by atoms with Crippen LogP contribution >= 0.6 is 24.0 Å². The first-order valence-electron chi connectivity index (χ1n) is 9.60. The van der Waals surface area contributed by atoms with Crippen molar-refractivity contribution in [2.45, 2.75) is 19.4 Å². The van der Waals surface area contributed by atoms with E-state index in [1.54, 1.807) is 0 Å². The Morgan fingerprint density at radius 1 is 1.07 bits per heavy atom. The minimum absolute atomic E-state index is 0.212. The fourth-order valence-corrected chi connectivity index (χ4v) is 4.95. The van der Waals surface area contributed by atoms with Gasteiger partial charge in [0.2, 0.25) is 12.7 Å². The normalized spacial score (nSPS) is 19.6. The average molecular weight is 409 g/mol. The van der Waals surface area contributed by atoms with Gasteiger partial charge in [0.05, 0.1) is 31.9 Å². The zero-order chi connectivity index (χ0) is 18.6. The molecule has 2 saturated heterocycles. The summed E-state index contributed by atoms with van der Waals surface area (Å²) in [5, 5.41) is 0. The third-order valence-corrected chi connectivity index (χ3v) is 6.91. The molecule has 0 aromatic heterocycles. The Morgan fingerprint density at radius 2 is 1.81 bits per heavy atom. The third-order valence-electron chi connectivity index (χ3n) is 5.40. The Labute approximate surface area is 169 Å². The SMILES string of the molecule is O=C(CSC(=S)N1CCCC1)N1CC[NH+](Cc2ccc3c(c2)OCO3)CC1. The predicted molar refractivity (Wildman–Crippen MR) is 109 cm³/mol. The highest BCUT2D eigenvalue weighted by Gasteiger charge is 2.25. The summed E-state index contributed by atoms with van der Waals surface area (Å²) in [6, 6.07) is 6.16. The first-order valence-corrected chi connectivity index (χ1v) is 11.0. The highest BCUT2D eigenvalue weighted by Crippen LogP contribution is 2.32. The number of thiocarbonyl (C=S) groups is 1. The Morgan fingerprint density at radius 3 is 2.59 bits per heavy atom. The summed E-state index contributed by atoms with van der Waals surface area (Å²) in [5.74, 6) is 2.34. The molecule has 1 aromatic carbocycles. The van der Waals surface area contributed by atoms with E-state index < -0.39 is 0 Å². The molecule has 0 spiro atoms. The van der Waals surface area contributed by atoms with Gasteiger partial charge in [0.15, 0.2) is 11.5 Å². The minimum Gasteiger partial charge on any atom is -0.454 e. The van der Waals surface area contributed by atoms with E-state index in [-0.39, 0.29) is 5.91 Å². The number of carbonyl (C=O) groups excluding carboxylic acids is 1. The molecular weight excluding hydrogens is 382 g/mol. The van der Waals surface area contributed by atoms with Gasteiger partial charge >= 0.3 is 0 Å². The number of fused-ring (bicyclic) bond motifs is 1. The van der Waals surface area contributed by atoms with Crippen molar-refractivity contribution in [2.75, 3.05) is 51.8 Å². The molecule has 3 aliphatic heterocycles. The number of rotatable bonds is 4. The molecule has 146 valence electrons. The number of amides is 1. The smallest absolute Gasteiger partial charge is 0.233 e. The van der Waals surface area contributed by atoms with Crippen molar-refractivity contribution < 1.29 is 19.2 Å². The summed E-state index contributed by atoms with van der Waals surface area (Å²) in [6.45, 7) is 6.93. The Hall–Kier alpha value is -1.51. The van der Waals surface area contributed by atoms with Crippen LogP contribution in [0.3, 0.4) is 0 Å². The number of hydrogen-bond donors (Lipinski definition) is 1. The van der Waals surface area contributed by atoms with E-state index in [0.717, 1.165) is 61.6 Å². The Bertz CT molecular complexity index is 701. The molecule has 1 N–H and O–H groups in total. The van der Waals surface area contributed by atoms with E-state index in [4.69, 9.17) is 21.7 Å². The summed E-state index contributed by atoms with van der Waals surface area (Å²) in [7, 11) is 0. The predicted octanol–water partition coefficient (Wildman–Crippen LogP) is 0.756. The minimum atomic E-state index is 0.212. The molecule has 0 saturated carbocycles. The number of thioether (sulfide) groups is 1. The van der Waals surface area contributed by atoms with Crippen molar-refractivity contribution >= 4 is 34.2 Å². The lowest BCUT2D eigenvalue weighted by Gasteiger charge is -2.32. The number of ether oxygens (including phenoxy) is 2. The van der Waals surface area contributed by atoms with Crippen LogP contribution in [0.5, 0.6) is 11.5 Å². The number of carbonyl (C=O) groups is 1. The summed E-state index contributed by atoms with van der Waals surface area (Å²) < 4.78 is 11.7. The first-order chi connectivity index (χ1) is 13.2. The summed E-state index contributed by atoms with van der Waals surface area (Å²) in [4.78, 5) is 18.2. The van der Waals surface area contributed by atoms with Crippen LogP contribution in [0.25, 0.3) is 0 Å². The standard InChI is InChI=1S/C19H25N3O3S2/c23-18(13-27-19(26)22-5-1-2-6-22)21-9-7-20(8-10-21)12-15-3-4-16-17(11-15)25-14-24-16/h3-4,11H,1-2,5-10,12-14H2/p+1. The van der Waals surface area contributed by atoms with Crippen molar-refractivity contribution in [3.8, 4) is 11.5 Å². The lowest BCUT2D eigenvalue weighted by molar-refractivity contribution is -0.917. The maximum Gasteiger partial charge on any atom is 0.233 e. The number of nitrogens with zero attached hydrogens (tertiary/aromatic N) is 2. The number of nitrogens with one attached hydrogen (secondary N) is 1. The Kier molecular flexibility index (Phi) is 6.04. The largest absolute Gasteiger partial charge is 0.454 e. The second-order valence-electron chi connectivity index (χ2n) is 7.24. The van der Waals surface area contributed by atoms with Gasteiger partial charge in [-0.25, -0.2) is 0 Å². The topological polar surface area (TPSA) is 46.5 Å². The second-order valence-corrected chi connectivity index (χ2v) is 8.85. The molecule has 0 aliphatic carbocycles. The highest BCUT2D eigenvalue weighted by molar-refractivity contribution is 8.23. The summed E-state index contributed by atoms with van der Waals surface area (Å²) >= 11 is 6.98. The van der Waals surface area contributed by atoms with Crippen molar-refractivity contribution in [2.24, 2.45) is 0 Å². The molecule has 8 heteroatoms. The summed E-state index contributed by atoms with van der Waals surface area (Å²) in [5.41, 5.74) is 1.25. The molecule has 3 heterocycles. The van der Waals surface area contributed by atoms with Gasteiger partial charge in [0.25, 0.3) is 0 Å². The first kappa shape index (κ1) is 18.8. The van der Waals surface area contributed by atoms with E-state index in [0.29, 0.717) is 12.5 Å². The van der Waals surface area contributed by atoms with E-state index in [1.807, 2.05) is 11.0 Å². The van der Waals surface area contributed by atoms with Crippen LogP contribution in [-0.2, 0) is 11.3 Å². The second kappa shape index (κ2) is 8.67. The van der Waals surface area contributed by atoms with Gasteiger partial charge in [0.1, 0.15) is 10.9 Å². The van der Waals surface area contributed by atoms with Crippen LogP contribution in [0.2, 0.25) is 0 Å². The van der Waals surface area contributed by atoms with Gasteiger partial charge in [-0.05, 0) is 31.0 Å². The molecule has 6 nitrogen and oxygen atoms in total. The summed E-state index contributed by atoms with van der Waals surface area (Å²) in [6.07, 6.45) is 2.42. The van der Waals surface area contributed by atoms with Crippen LogP contribution in [0.15, 0.2) is 18.2 Å². The number of quaternary nitrogens is 1. The molecule has 0 unspecified atom stereocenters. The van der Waals surface area contributed by atoms with Gasteiger partial charge in [-0.15, -0.1) is 0 Å². The average Bonchev–Trinajstić information content (AvgIpc) is 3.38. The molecular formula is C19H26N3O3S2+. The lowest BCUT2D eigenvalue weighted by Crippen LogP contribution is -3.13. The van der Waals surface area contributed by atoms with Crippen LogP contribution in [0.4, 0.5) is 0 Å². The van der Waals surface area contributed by atoms with E-state index >= 15 is 0 Å². The Balaban J connectivity index is 1.20. The van der Waals surface area contributed by atoms with Crippen molar-refractivity contribution in [3.05, 3.63) is 23.8 Å². The molecule has 0 radical (unpaired) electrons. The fourth-order valence-electron chi connectivity index (χ4n) is 3.79. The molecule has 27 heavy (non-hydrogen) atoms. The van der Waals surface area contributed by atoms with Crippen LogP contribution in [0, 0.1) is 0 Å². The molecule has 1 aromatic rings. The molecule has 4 rings (SSSR count). The van der Waals surface area contributed by atoms with Gasteiger partial charge in [0, 0.05) is 18.7 Å². The van der Waals surface area contributed by atoms with Crippen LogP contribution in [0.1, 0.15) is 18.4 Å². The zero-order valence-corrected chi connectivity index (χ0v) is 17.1. The van der Waals surface area contributed by atoms with Crippen molar-refractivity contribution in [3.63, 3.8) is 0 Å². The van der Waals surface area contributed by atoms with Gasteiger partial charge in [-0.3, -0.25) is 4.79 Å². The molecule has 0 bridgehead atoms. The zero-order valence-electron chi connectivity index (χ0n) is 15.4. The van der Waals surface area contributed by atoms with Crippen LogP contribution in [-0.4, -0.2) is 71.8 Å². The van der Waals surface area contributed by atoms with Crippen molar-refractivity contribution in [1.29, 1.82) is 0 Å². The maximum atomic E-state index is 12.5. The number of benzene rings is 1. The van der Waals surface area contributed by atoms with Crippen molar-refractivity contribution in [1.82, 2.24) is 9.80 Å². The van der Waals surface area contributed by atoms with E-state index in [1.165, 1.54) is 35.1 Å². The van der Waals surface area contributed by atoms with E-state index in [9.17, 15) is 4.79 Å². The molecule has 1 amide bonds. The third kappa shape index (κ3) is 4.67. The van der Waals surface area contributed by atoms with E-state index in [2.05, 4.69) is 17.0 Å². The fraction of sp³-hybridized carbons (Fsp3) is 0.579. The monoisotopic (exact) mass is 408 g/mol. The maximum absolute atomic E-state index is 12.5. The van der Waals surface area contributed by atoms with Gasteiger partial charge < -0.3 is 24.2 Å². The number of likely N-dealkylation sites (tertiary alicyclic amines) is 1. The highest BCUT2D eigenvalue weighted by atomic mass is 32.2. The molecule has 3 aliphatic rings. The number of piperazine rings is 1. The lowest BCUT2D eigenvalue weighted by atomic mass is 10.1. The van der Waals surface area contributed by atoms with Gasteiger partial charge in [-0.1, -0.05) is 24.0 Å². The van der Waals surface area contributed by atoms with Gasteiger partial charge in [-0.2, -0.15) is 0 Å².